The van der Waals surface area contributed by atoms with Gasteiger partial charge < -0.3 is 0 Å². The fourth-order valence-electron chi connectivity index (χ4n) is 1.19. The van der Waals surface area contributed by atoms with Gasteiger partial charge in [0.1, 0.15) is 3.70 Å². The second-order valence-electron chi connectivity index (χ2n) is 3.09. The Balaban J connectivity index is 2.29. The van der Waals surface area contributed by atoms with Gasteiger partial charge in [-0.1, -0.05) is 37.8 Å². The van der Waals surface area contributed by atoms with Crippen LogP contribution in [-0.2, 0) is 6.54 Å². The molecule has 0 N–H and O–H groups in total. The predicted octanol–water partition coefficient (Wildman–Crippen LogP) is 3.72. The Morgan fingerprint density at radius 1 is 1.46 bits per heavy atom. The molecule has 1 aromatic heterocycles. The third-order valence-electron chi connectivity index (χ3n) is 1.92. The van der Waals surface area contributed by atoms with Gasteiger partial charge in [0.2, 0.25) is 0 Å². The summed E-state index contributed by atoms with van der Waals surface area (Å²) in [5, 5.41) is 5.04. The highest BCUT2D eigenvalue weighted by Gasteiger charge is 2.01. The highest BCUT2D eigenvalue weighted by molar-refractivity contribution is 14.1. The Bertz CT molecular complexity index is 241. The molecule has 0 bridgehead atoms. The summed E-state index contributed by atoms with van der Waals surface area (Å²) in [5.41, 5.74) is 0. The number of nitrogens with zero attached hydrogens (tertiary/aromatic N) is 2. The van der Waals surface area contributed by atoms with Crippen LogP contribution in [0.5, 0.6) is 0 Å². The monoisotopic (exact) mass is 312 g/mol. The van der Waals surface area contributed by atoms with Crippen molar-refractivity contribution in [1.29, 1.82) is 0 Å². The lowest BCUT2D eigenvalue weighted by Gasteiger charge is -1.99. The summed E-state index contributed by atoms with van der Waals surface area (Å²) in [6.07, 6.45) is 6.96. The number of hydrogen-bond acceptors (Lipinski definition) is 1. The van der Waals surface area contributed by atoms with Crippen LogP contribution in [0.2, 0.25) is 5.02 Å². The molecule has 0 fully saturated rings. The Hall–Kier alpha value is 0.230. The second-order valence-corrected chi connectivity index (χ2v) is 4.52. The fraction of sp³-hybridized carbons (Fsp3) is 0.667. The minimum atomic E-state index is 0.760. The first-order valence-electron chi connectivity index (χ1n) is 4.62. The summed E-state index contributed by atoms with van der Waals surface area (Å²) < 4.78 is 2.83. The lowest BCUT2D eigenvalue weighted by atomic mass is 10.2. The maximum absolute atomic E-state index is 5.88. The molecule has 0 aliphatic rings. The van der Waals surface area contributed by atoms with Crippen molar-refractivity contribution >= 4 is 34.2 Å². The quantitative estimate of drug-likeness (QED) is 0.598. The normalized spacial score (nSPS) is 10.7. The first-order chi connectivity index (χ1) is 6.24. The number of aromatic nitrogens is 2. The predicted molar refractivity (Wildman–Crippen MR) is 64.1 cm³/mol. The molecule has 0 spiro atoms. The average molecular weight is 313 g/mol. The van der Waals surface area contributed by atoms with Crippen LogP contribution >= 0.6 is 34.2 Å². The van der Waals surface area contributed by atoms with Gasteiger partial charge in [0.15, 0.2) is 0 Å². The van der Waals surface area contributed by atoms with E-state index >= 15 is 0 Å². The third-order valence-corrected chi connectivity index (χ3v) is 3.31. The van der Waals surface area contributed by atoms with E-state index < -0.39 is 0 Å². The first kappa shape index (κ1) is 11.3. The van der Waals surface area contributed by atoms with Crippen molar-refractivity contribution in [3.63, 3.8) is 0 Å². The van der Waals surface area contributed by atoms with E-state index in [-0.39, 0.29) is 0 Å². The minimum absolute atomic E-state index is 0.760. The number of aryl methyl sites for hydroxylation is 1. The molecule has 0 saturated heterocycles. The van der Waals surface area contributed by atoms with E-state index in [0.29, 0.717) is 0 Å². The summed E-state index contributed by atoms with van der Waals surface area (Å²) in [7, 11) is 0. The lowest BCUT2D eigenvalue weighted by Crippen LogP contribution is -1.98. The average Bonchev–Trinajstić information content (AvgIpc) is 2.41. The number of rotatable bonds is 5. The highest BCUT2D eigenvalue weighted by Crippen LogP contribution is 2.15. The molecule has 0 unspecified atom stereocenters. The van der Waals surface area contributed by atoms with Gasteiger partial charge in [0.25, 0.3) is 0 Å². The number of unbranched alkanes of at least 4 members (excludes halogenated alkanes) is 3. The summed E-state index contributed by atoms with van der Waals surface area (Å²) in [5.74, 6) is 0. The van der Waals surface area contributed by atoms with Crippen LogP contribution < -0.4 is 0 Å². The lowest BCUT2D eigenvalue weighted by molar-refractivity contribution is 0.539. The molecule has 0 aromatic carbocycles. The molecule has 1 rings (SSSR count). The number of hydrogen-bond donors (Lipinski definition) is 0. The first-order valence-corrected chi connectivity index (χ1v) is 6.08. The third kappa shape index (κ3) is 3.85. The minimum Gasteiger partial charge on any atom is -0.270 e. The molecule has 1 heterocycles. The molecular weight excluding hydrogens is 298 g/mol. The molecule has 1 aromatic rings. The van der Waals surface area contributed by atoms with E-state index in [1.807, 2.05) is 10.9 Å². The molecule has 0 saturated carbocycles. The van der Waals surface area contributed by atoms with Crippen LogP contribution in [0.1, 0.15) is 32.6 Å². The summed E-state index contributed by atoms with van der Waals surface area (Å²) in [6.45, 7) is 3.20. The zero-order chi connectivity index (χ0) is 9.68. The van der Waals surface area contributed by atoms with E-state index in [1.54, 1.807) is 0 Å². The molecule has 74 valence electrons. The smallest absolute Gasteiger partial charge is 0.141 e. The number of halogens is 2. The van der Waals surface area contributed by atoms with Gasteiger partial charge in [-0.05, 0) is 29.0 Å². The van der Waals surface area contributed by atoms with Crippen molar-refractivity contribution < 1.29 is 0 Å². The zero-order valence-corrected chi connectivity index (χ0v) is 10.7. The Morgan fingerprint density at radius 2 is 2.23 bits per heavy atom. The van der Waals surface area contributed by atoms with Crippen LogP contribution in [0.25, 0.3) is 0 Å². The fourth-order valence-corrected chi connectivity index (χ4v) is 1.76. The van der Waals surface area contributed by atoms with Crippen LogP contribution in [0.3, 0.4) is 0 Å². The van der Waals surface area contributed by atoms with E-state index in [1.165, 1.54) is 25.7 Å². The van der Waals surface area contributed by atoms with Gasteiger partial charge >= 0.3 is 0 Å². The molecule has 0 amide bonds. The van der Waals surface area contributed by atoms with Gasteiger partial charge in [0.05, 0.1) is 5.02 Å². The van der Waals surface area contributed by atoms with E-state index in [9.17, 15) is 0 Å². The van der Waals surface area contributed by atoms with Gasteiger partial charge in [-0.3, -0.25) is 4.68 Å². The molecule has 13 heavy (non-hydrogen) atoms. The van der Waals surface area contributed by atoms with Crippen molar-refractivity contribution in [3.8, 4) is 0 Å². The summed E-state index contributed by atoms with van der Waals surface area (Å²) in [4.78, 5) is 0. The zero-order valence-electron chi connectivity index (χ0n) is 7.76. The Morgan fingerprint density at radius 3 is 2.77 bits per heavy atom. The molecule has 0 atom stereocenters. The van der Waals surface area contributed by atoms with Crippen LogP contribution in [0, 0.1) is 3.70 Å². The van der Waals surface area contributed by atoms with Crippen LogP contribution in [0.15, 0.2) is 6.20 Å². The Labute approximate surface area is 97.8 Å². The molecule has 2 nitrogen and oxygen atoms in total. The van der Waals surface area contributed by atoms with Crippen molar-refractivity contribution in [2.45, 2.75) is 39.2 Å². The topological polar surface area (TPSA) is 17.8 Å². The molecule has 0 aliphatic heterocycles. The SMILES string of the molecule is CCCCCCn1cc(Cl)c(I)n1. The standard InChI is InChI=1S/C9H14ClIN2/c1-2-3-4-5-6-13-7-8(10)9(11)12-13/h7H,2-6H2,1H3. The van der Waals surface area contributed by atoms with Crippen LogP contribution in [0.4, 0.5) is 0 Å². The van der Waals surface area contributed by atoms with Crippen molar-refractivity contribution in [2.24, 2.45) is 0 Å². The van der Waals surface area contributed by atoms with Gasteiger partial charge in [-0.15, -0.1) is 0 Å². The largest absolute Gasteiger partial charge is 0.270 e. The van der Waals surface area contributed by atoms with E-state index in [0.717, 1.165) is 15.3 Å². The maximum atomic E-state index is 5.88. The molecule has 0 aliphatic carbocycles. The highest BCUT2D eigenvalue weighted by atomic mass is 127. The van der Waals surface area contributed by atoms with E-state index in [2.05, 4.69) is 34.6 Å². The summed E-state index contributed by atoms with van der Waals surface area (Å²) >= 11 is 8.03. The van der Waals surface area contributed by atoms with Crippen molar-refractivity contribution in [1.82, 2.24) is 9.78 Å². The van der Waals surface area contributed by atoms with Crippen molar-refractivity contribution in [3.05, 3.63) is 14.9 Å². The molecule has 4 heteroatoms. The van der Waals surface area contributed by atoms with Gasteiger partial charge in [-0.25, -0.2) is 0 Å². The molecular formula is C9H14ClIN2. The van der Waals surface area contributed by atoms with E-state index in [4.69, 9.17) is 11.6 Å². The van der Waals surface area contributed by atoms with Gasteiger partial charge in [-0.2, -0.15) is 5.10 Å². The van der Waals surface area contributed by atoms with Crippen LogP contribution in [-0.4, -0.2) is 9.78 Å². The second kappa shape index (κ2) is 5.86. The Kier molecular flexibility index (Phi) is 5.09. The molecule has 0 radical (unpaired) electrons. The maximum Gasteiger partial charge on any atom is 0.141 e. The van der Waals surface area contributed by atoms with Crippen molar-refractivity contribution in [2.75, 3.05) is 0 Å². The summed E-state index contributed by atoms with van der Waals surface area (Å²) in [6, 6.07) is 0. The van der Waals surface area contributed by atoms with Gasteiger partial charge in [0, 0.05) is 12.7 Å².